The van der Waals surface area contributed by atoms with Crippen LogP contribution in [0.4, 0.5) is 5.69 Å². The number of hydrogen-bond acceptors (Lipinski definition) is 5. The molecule has 0 aliphatic carbocycles. The molecule has 4 aromatic carbocycles. The van der Waals surface area contributed by atoms with Crippen LogP contribution in [-0.4, -0.2) is 29.0 Å². The Balaban J connectivity index is 1.50. The highest BCUT2D eigenvalue weighted by Crippen LogP contribution is 2.30. The molecule has 0 spiro atoms. The van der Waals surface area contributed by atoms with Gasteiger partial charge in [0.05, 0.1) is 21.7 Å². The van der Waals surface area contributed by atoms with E-state index in [4.69, 9.17) is 0 Å². The van der Waals surface area contributed by atoms with Crippen molar-refractivity contribution in [2.75, 3.05) is 11.1 Å². The van der Waals surface area contributed by atoms with E-state index in [1.807, 2.05) is 62.4 Å². The Morgan fingerprint density at radius 2 is 1.57 bits per heavy atom. The molecule has 1 N–H and O–H groups in total. The Morgan fingerprint density at radius 3 is 2.34 bits per heavy atom. The van der Waals surface area contributed by atoms with Gasteiger partial charge in [-0.2, -0.15) is 0 Å². The van der Waals surface area contributed by atoms with Gasteiger partial charge in [-0.15, -0.1) is 0 Å². The van der Waals surface area contributed by atoms with Gasteiger partial charge in [-0.25, -0.2) is 17.4 Å². The van der Waals surface area contributed by atoms with Crippen molar-refractivity contribution in [3.8, 4) is 0 Å². The van der Waals surface area contributed by atoms with Crippen molar-refractivity contribution >= 4 is 55.2 Å². The first kappa shape index (κ1) is 23.1. The maximum absolute atomic E-state index is 13.8. The predicted octanol–water partition coefficient (Wildman–Crippen LogP) is 5.77. The summed E-state index contributed by atoms with van der Waals surface area (Å²) in [6.07, 6.45) is 0. The lowest BCUT2D eigenvalue weighted by Crippen LogP contribution is -2.18. The molecule has 0 unspecified atom stereocenters. The quantitative estimate of drug-likeness (QED) is 0.299. The minimum Gasteiger partial charge on any atom is -0.325 e. The molecule has 1 heterocycles. The third-order valence-electron chi connectivity index (χ3n) is 5.83. The molecule has 5 rings (SSSR count). The number of rotatable bonds is 6. The second-order valence-electron chi connectivity index (χ2n) is 8.27. The van der Waals surface area contributed by atoms with Crippen molar-refractivity contribution < 1.29 is 13.2 Å². The summed E-state index contributed by atoms with van der Waals surface area (Å²) in [6, 6.07) is 25.6. The summed E-state index contributed by atoms with van der Waals surface area (Å²) in [5, 5.41) is 4.98. The van der Waals surface area contributed by atoms with Gasteiger partial charge in [-0.3, -0.25) is 4.79 Å². The topological polar surface area (TPSA) is 81.1 Å². The molecule has 0 atom stereocenters. The number of aryl methyl sites for hydroxylation is 2. The van der Waals surface area contributed by atoms with Crippen molar-refractivity contribution in [1.29, 1.82) is 0 Å². The molecular weight excluding hydrogens is 478 g/mol. The van der Waals surface area contributed by atoms with Crippen LogP contribution in [0.5, 0.6) is 0 Å². The summed E-state index contributed by atoms with van der Waals surface area (Å²) in [6.45, 7) is 3.87. The summed E-state index contributed by atoms with van der Waals surface area (Å²) in [5.74, 6) is -0.209. The molecule has 0 radical (unpaired) electrons. The fraction of sp³-hybridized carbons (Fsp3) is 0.111. The first-order chi connectivity index (χ1) is 16.8. The number of carbonyl (C=O) groups is 1. The lowest BCUT2D eigenvalue weighted by molar-refractivity contribution is -0.113. The molecule has 1 aromatic heterocycles. The number of nitrogens with one attached hydrogen (secondary N) is 1. The summed E-state index contributed by atoms with van der Waals surface area (Å²) in [7, 11) is -3.96. The smallest absolute Gasteiger partial charge is 0.270 e. The fourth-order valence-corrected chi connectivity index (χ4v) is 6.61. The zero-order valence-electron chi connectivity index (χ0n) is 19.2. The maximum atomic E-state index is 13.8. The molecule has 5 aromatic rings. The standard InChI is InChI=1S/C27H23N3O3S2/c1-18-8-7-9-19(2)26(18)29-25(31)17-34-27-28-23-12-5-6-13-24(23)30(27)35(32,33)22-15-14-20-10-3-4-11-21(20)16-22/h3-16H,17H2,1-2H3,(H,29,31). The highest BCUT2D eigenvalue weighted by Gasteiger charge is 2.25. The van der Waals surface area contributed by atoms with Crippen molar-refractivity contribution in [3.63, 3.8) is 0 Å². The van der Waals surface area contributed by atoms with Crippen LogP contribution in [0.3, 0.4) is 0 Å². The predicted molar refractivity (Wildman–Crippen MR) is 142 cm³/mol. The van der Waals surface area contributed by atoms with Crippen molar-refractivity contribution in [2.24, 2.45) is 0 Å². The van der Waals surface area contributed by atoms with Gasteiger partial charge < -0.3 is 5.32 Å². The Hall–Kier alpha value is -3.62. The Bertz CT molecular complexity index is 1670. The van der Waals surface area contributed by atoms with Crippen molar-refractivity contribution in [1.82, 2.24) is 8.96 Å². The third-order valence-corrected chi connectivity index (χ3v) is 8.58. The zero-order valence-corrected chi connectivity index (χ0v) is 20.9. The summed E-state index contributed by atoms with van der Waals surface area (Å²) >= 11 is 1.10. The summed E-state index contributed by atoms with van der Waals surface area (Å²) in [5.41, 5.74) is 3.73. The lowest BCUT2D eigenvalue weighted by atomic mass is 10.1. The van der Waals surface area contributed by atoms with E-state index >= 15 is 0 Å². The number of aromatic nitrogens is 2. The number of benzene rings is 4. The molecule has 1 amide bonds. The largest absolute Gasteiger partial charge is 0.325 e. The molecule has 6 nitrogen and oxygen atoms in total. The minimum atomic E-state index is -3.96. The normalized spacial score (nSPS) is 11.7. The number of carbonyl (C=O) groups excluding carboxylic acids is 1. The van der Waals surface area contributed by atoms with E-state index in [1.165, 1.54) is 3.97 Å². The Kier molecular flexibility index (Phi) is 6.08. The average Bonchev–Trinajstić information content (AvgIpc) is 3.24. The number of thioether (sulfide) groups is 1. The number of nitrogens with zero attached hydrogens (tertiary/aromatic N) is 2. The van der Waals surface area contributed by atoms with Crippen LogP contribution >= 0.6 is 11.8 Å². The monoisotopic (exact) mass is 501 g/mol. The van der Waals surface area contributed by atoms with Crippen LogP contribution in [0.1, 0.15) is 11.1 Å². The van der Waals surface area contributed by atoms with Crippen LogP contribution < -0.4 is 5.32 Å². The fourth-order valence-electron chi connectivity index (χ4n) is 4.06. The van der Waals surface area contributed by atoms with Crippen LogP contribution in [0.2, 0.25) is 0 Å². The summed E-state index contributed by atoms with van der Waals surface area (Å²) in [4.78, 5) is 17.5. The molecule has 0 saturated carbocycles. The van der Waals surface area contributed by atoms with Gasteiger partial charge in [0.2, 0.25) is 5.91 Å². The van der Waals surface area contributed by atoms with E-state index < -0.39 is 10.0 Å². The zero-order chi connectivity index (χ0) is 24.6. The molecule has 0 fully saturated rings. The summed E-state index contributed by atoms with van der Waals surface area (Å²) < 4.78 is 28.9. The molecule has 0 aliphatic heterocycles. The van der Waals surface area contributed by atoms with Crippen molar-refractivity contribution in [2.45, 2.75) is 23.9 Å². The molecule has 0 saturated heterocycles. The average molecular weight is 502 g/mol. The molecule has 0 bridgehead atoms. The number of imidazole rings is 1. The number of fused-ring (bicyclic) bond motifs is 2. The first-order valence-electron chi connectivity index (χ1n) is 11.1. The van der Waals surface area contributed by atoms with Gasteiger partial charge in [0.15, 0.2) is 5.16 Å². The maximum Gasteiger partial charge on any atom is 0.270 e. The molecule has 176 valence electrons. The van der Waals surface area contributed by atoms with Gasteiger partial charge in [0.1, 0.15) is 0 Å². The van der Waals surface area contributed by atoms with E-state index in [-0.39, 0.29) is 21.7 Å². The van der Waals surface area contributed by atoms with E-state index in [2.05, 4.69) is 10.3 Å². The molecule has 8 heteroatoms. The van der Waals surface area contributed by atoms with Gasteiger partial charge in [0.25, 0.3) is 10.0 Å². The number of para-hydroxylation sites is 3. The highest BCUT2D eigenvalue weighted by molar-refractivity contribution is 8.00. The van der Waals surface area contributed by atoms with Gasteiger partial charge in [-0.05, 0) is 60.0 Å². The van der Waals surface area contributed by atoms with Crippen molar-refractivity contribution in [3.05, 3.63) is 96.1 Å². The lowest BCUT2D eigenvalue weighted by Gasteiger charge is -2.12. The minimum absolute atomic E-state index is 0.0182. The number of amides is 1. The van der Waals surface area contributed by atoms with Crippen LogP contribution in [-0.2, 0) is 14.8 Å². The SMILES string of the molecule is Cc1cccc(C)c1NC(=O)CSc1nc2ccccc2n1S(=O)(=O)c1ccc2ccccc2c1. The van der Waals surface area contributed by atoms with E-state index in [1.54, 1.807) is 36.4 Å². The Morgan fingerprint density at radius 1 is 0.886 bits per heavy atom. The van der Waals surface area contributed by atoms with Crippen LogP contribution in [0, 0.1) is 13.8 Å². The van der Waals surface area contributed by atoms with Crippen LogP contribution in [0.15, 0.2) is 95.0 Å². The highest BCUT2D eigenvalue weighted by atomic mass is 32.2. The molecule has 35 heavy (non-hydrogen) atoms. The second-order valence-corrected chi connectivity index (χ2v) is 11.0. The second kappa shape index (κ2) is 9.20. The van der Waals surface area contributed by atoms with Gasteiger partial charge in [-0.1, -0.05) is 72.4 Å². The van der Waals surface area contributed by atoms with E-state index in [0.29, 0.717) is 11.0 Å². The van der Waals surface area contributed by atoms with E-state index in [9.17, 15) is 13.2 Å². The van der Waals surface area contributed by atoms with Gasteiger partial charge in [0, 0.05) is 5.69 Å². The van der Waals surface area contributed by atoms with Crippen LogP contribution in [0.25, 0.3) is 21.8 Å². The number of hydrogen-bond donors (Lipinski definition) is 1. The van der Waals surface area contributed by atoms with E-state index in [0.717, 1.165) is 39.3 Å². The third kappa shape index (κ3) is 4.42. The molecule has 0 aliphatic rings. The Labute approximate surface area is 208 Å². The van der Waals surface area contributed by atoms with Gasteiger partial charge >= 0.3 is 0 Å². The number of anilines is 1. The first-order valence-corrected chi connectivity index (χ1v) is 13.5. The molecular formula is C27H23N3O3S2.